The number of amides is 1. The minimum Gasteiger partial charge on any atom is -0.460 e. The molecule has 2 rings (SSSR count). The van der Waals surface area contributed by atoms with Crippen molar-refractivity contribution in [3.05, 3.63) is 29.7 Å². The van der Waals surface area contributed by atoms with E-state index in [0.29, 0.717) is 11.5 Å². The number of aryl methyl sites for hydroxylation is 1. The van der Waals surface area contributed by atoms with E-state index in [1.165, 1.54) is 0 Å². The van der Waals surface area contributed by atoms with E-state index in [2.05, 4.69) is 24.0 Å². The van der Waals surface area contributed by atoms with Crippen molar-refractivity contribution < 1.29 is 9.21 Å². The second-order valence-corrected chi connectivity index (χ2v) is 5.58. The van der Waals surface area contributed by atoms with Gasteiger partial charge < -0.3 is 9.32 Å². The predicted octanol–water partition coefficient (Wildman–Crippen LogP) is 4.02. The van der Waals surface area contributed by atoms with Crippen LogP contribution < -0.4 is 0 Å². The number of furan rings is 1. The van der Waals surface area contributed by atoms with Gasteiger partial charge in [-0.1, -0.05) is 26.7 Å². The molecule has 0 bridgehead atoms. The Bertz CT molecular complexity index is 593. The molecule has 2 aromatic rings. The summed E-state index contributed by atoms with van der Waals surface area (Å²) in [5.74, 6) is 1.54. The lowest BCUT2D eigenvalue weighted by Crippen LogP contribution is -2.33. The number of unbranched alkanes of at least 4 members (excludes halogenated alkanes) is 2. The van der Waals surface area contributed by atoms with Crippen molar-refractivity contribution in [3.63, 3.8) is 0 Å². The highest BCUT2D eigenvalue weighted by Crippen LogP contribution is 2.21. The Morgan fingerprint density at radius 2 is 1.91 bits per heavy atom. The normalized spacial score (nSPS) is 10.9. The summed E-state index contributed by atoms with van der Waals surface area (Å²) in [4.78, 5) is 14.5. The molecule has 0 fully saturated rings. The number of nitrogens with zero attached hydrogens (tertiary/aromatic N) is 2. The molecule has 0 aliphatic heterocycles. The van der Waals surface area contributed by atoms with Gasteiger partial charge in [-0.25, -0.2) is 0 Å². The van der Waals surface area contributed by atoms with Gasteiger partial charge in [-0.3, -0.25) is 9.89 Å². The average molecular weight is 303 g/mol. The van der Waals surface area contributed by atoms with Crippen molar-refractivity contribution in [2.45, 2.75) is 46.5 Å². The molecule has 0 saturated carbocycles. The maximum absolute atomic E-state index is 12.6. The van der Waals surface area contributed by atoms with Crippen molar-refractivity contribution in [1.82, 2.24) is 15.1 Å². The summed E-state index contributed by atoms with van der Waals surface area (Å²) >= 11 is 0. The number of nitrogens with one attached hydrogen (secondary N) is 1. The Morgan fingerprint density at radius 3 is 2.45 bits per heavy atom. The number of carbonyl (C=O) groups is 1. The fraction of sp³-hybridized carbons (Fsp3) is 0.529. The number of aromatic amines is 1. The molecule has 22 heavy (non-hydrogen) atoms. The largest absolute Gasteiger partial charge is 0.460 e. The summed E-state index contributed by atoms with van der Waals surface area (Å²) in [5.41, 5.74) is 1.19. The van der Waals surface area contributed by atoms with E-state index in [0.717, 1.165) is 50.2 Å². The Kier molecular flexibility index (Phi) is 5.81. The van der Waals surface area contributed by atoms with Crippen molar-refractivity contribution in [2.75, 3.05) is 13.1 Å². The van der Waals surface area contributed by atoms with Crippen LogP contribution in [0.1, 0.15) is 55.8 Å². The molecular weight excluding hydrogens is 278 g/mol. The quantitative estimate of drug-likeness (QED) is 0.801. The fourth-order valence-corrected chi connectivity index (χ4v) is 2.31. The summed E-state index contributed by atoms with van der Waals surface area (Å²) in [5, 5.41) is 7.05. The molecule has 1 N–H and O–H groups in total. The van der Waals surface area contributed by atoms with E-state index in [1.54, 1.807) is 6.07 Å². The van der Waals surface area contributed by atoms with Crippen LogP contribution in [0.15, 0.2) is 22.6 Å². The maximum Gasteiger partial charge on any atom is 0.274 e. The first-order chi connectivity index (χ1) is 10.7. The topological polar surface area (TPSA) is 62.1 Å². The second-order valence-electron chi connectivity index (χ2n) is 5.58. The molecule has 0 atom stereocenters. The Hall–Kier alpha value is -2.04. The minimum absolute atomic E-state index is 0.00678. The molecule has 0 aromatic carbocycles. The molecule has 0 aliphatic carbocycles. The van der Waals surface area contributed by atoms with Crippen LogP contribution in [-0.2, 0) is 0 Å². The molecule has 0 aliphatic rings. The van der Waals surface area contributed by atoms with Crippen LogP contribution in [-0.4, -0.2) is 34.1 Å². The molecule has 0 spiro atoms. The fourth-order valence-electron chi connectivity index (χ4n) is 2.31. The van der Waals surface area contributed by atoms with Gasteiger partial charge in [-0.2, -0.15) is 5.10 Å². The zero-order valence-electron chi connectivity index (χ0n) is 13.7. The van der Waals surface area contributed by atoms with Gasteiger partial charge in [0.25, 0.3) is 5.91 Å². The van der Waals surface area contributed by atoms with Gasteiger partial charge in [0.1, 0.15) is 11.5 Å². The Balaban J connectivity index is 2.11. The van der Waals surface area contributed by atoms with Crippen LogP contribution in [0.3, 0.4) is 0 Å². The molecule has 1 amide bonds. The number of H-pyrrole nitrogens is 1. The molecule has 5 heteroatoms. The van der Waals surface area contributed by atoms with Gasteiger partial charge in [-0.15, -0.1) is 0 Å². The lowest BCUT2D eigenvalue weighted by atomic mass is 10.2. The highest BCUT2D eigenvalue weighted by atomic mass is 16.3. The average Bonchev–Trinajstić information content (AvgIpc) is 3.15. The number of rotatable bonds is 8. The first-order valence-electron chi connectivity index (χ1n) is 8.07. The van der Waals surface area contributed by atoms with Gasteiger partial charge in [0.05, 0.1) is 0 Å². The molecule has 0 unspecified atom stereocenters. The van der Waals surface area contributed by atoms with Gasteiger partial charge in [-0.05, 0) is 31.9 Å². The zero-order valence-corrected chi connectivity index (χ0v) is 13.7. The third-order valence-corrected chi connectivity index (χ3v) is 3.65. The van der Waals surface area contributed by atoms with Crippen molar-refractivity contribution in [1.29, 1.82) is 0 Å². The molecule has 0 saturated heterocycles. The van der Waals surface area contributed by atoms with Gasteiger partial charge in [0, 0.05) is 19.2 Å². The highest BCUT2D eigenvalue weighted by Gasteiger charge is 2.19. The summed E-state index contributed by atoms with van der Waals surface area (Å²) < 4.78 is 5.56. The third-order valence-electron chi connectivity index (χ3n) is 3.65. The summed E-state index contributed by atoms with van der Waals surface area (Å²) in [7, 11) is 0. The number of hydrogen-bond donors (Lipinski definition) is 1. The van der Waals surface area contributed by atoms with E-state index < -0.39 is 0 Å². The molecule has 2 heterocycles. The van der Waals surface area contributed by atoms with E-state index in [1.807, 2.05) is 24.0 Å². The summed E-state index contributed by atoms with van der Waals surface area (Å²) in [6, 6.07) is 5.54. The van der Waals surface area contributed by atoms with Crippen molar-refractivity contribution >= 4 is 5.91 Å². The number of hydrogen-bond acceptors (Lipinski definition) is 3. The number of aromatic nitrogens is 2. The van der Waals surface area contributed by atoms with E-state index >= 15 is 0 Å². The number of carbonyl (C=O) groups excluding carboxylic acids is 1. The monoisotopic (exact) mass is 303 g/mol. The standard InChI is InChI=1S/C17H25N3O2/c1-4-6-10-20(11-7-5-2)17(21)15-12-14(18-19-15)16-9-8-13(3)22-16/h8-9,12H,4-7,10-11H2,1-3H3,(H,18,19). The van der Waals surface area contributed by atoms with Gasteiger partial charge >= 0.3 is 0 Å². The van der Waals surface area contributed by atoms with Crippen molar-refractivity contribution in [3.8, 4) is 11.5 Å². The van der Waals surface area contributed by atoms with Crippen molar-refractivity contribution in [2.24, 2.45) is 0 Å². The van der Waals surface area contributed by atoms with Crippen LogP contribution in [0.4, 0.5) is 0 Å². The molecule has 2 aromatic heterocycles. The van der Waals surface area contributed by atoms with Crippen LogP contribution in [0, 0.1) is 6.92 Å². The van der Waals surface area contributed by atoms with Crippen LogP contribution >= 0.6 is 0 Å². The lowest BCUT2D eigenvalue weighted by molar-refractivity contribution is 0.0745. The summed E-state index contributed by atoms with van der Waals surface area (Å²) in [6.07, 6.45) is 4.19. The maximum atomic E-state index is 12.6. The highest BCUT2D eigenvalue weighted by molar-refractivity contribution is 5.93. The van der Waals surface area contributed by atoms with E-state index in [4.69, 9.17) is 4.42 Å². The minimum atomic E-state index is -0.00678. The molecule has 0 radical (unpaired) electrons. The molecule has 5 nitrogen and oxygen atoms in total. The lowest BCUT2D eigenvalue weighted by Gasteiger charge is -2.21. The molecule has 120 valence electrons. The van der Waals surface area contributed by atoms with E-state index in [-0.39, 0.29) is 5.91 Å². The third kappa shape index (κ3) is 4.00. The SMILES string of the molecule is CCCCN(CCCC)C(=O)c1cc(-c2ccc(C)o2)[nH]n1. The predicted molar refractivity (Wildman–Crippen MR) is 86.7 cm³/mol. The van der Waals surface area contributed by atoms with Crippen LogP contribution in [0.5, 0.6) is 0 Å². The van der Waals surface area contributed by atoms with Gasteiger partial charge in [0.2, 0.25) is 0 Å². The first-order valence-corrected chi connectivity index (χ1v) is 8.07. The second kappa shape index (κ2) is 7.82. The Labute approximate surface area is 131 Å². The van der Waals surface area contributed by atoms with E-state index in [9.17, 15) is 4.79 Å². The zero-order chi connectivity index (χ0) is 15.9. The van der Waals surface area contributed by atoms with Gasteiger partial charge in [0.15, 0.2) is 11.5 Å². The van der Waals surface area contributed by atoms with Crippen LogP contribution in [0.2, 0.25) is 0 Å². The Morgan fingerprint density at radius 1 is 1.23 bits per heavy atom. The van der Waals surface area contributed by atoms with Crippen LogP contribution in [0.25, 0.3) is 11.5 Å². The molecular formula is C17H25N3O2. The smallest absolute Gasteiger partial charge is 0.274 e. The first kappa shape index (κ1) is 16.3. The summed E-state index contributed by atoms with van der Waals surface area (Å²) in [6.45, 7) is 7.74.